The molecule has 0 bridgehead atoms. The van der Waals surface area contributed by atoms with Crippen molar-refractivity contribution in [3.05, 3.63) is 63.9 Å². The predicted molar refractivity (Wildman–Crippen MR) is 110 cm³/mol. The monoisotopic (exact) mass is 428 g/mol. The van der Waals surface area contributed by atoms with Gasteiger partial charge in [-0.1, -0.05) is 12.1 Å². The molecule has 3 aromatic heterocycles. The van der Waals surface area contributed by atoms with Gasteiger partial charge >= 0.3 is 0 Å². The number of hydrogen-bond acceptors (Lipinski definition) is 7. The van der Waals surface area contributed by atoms with Crippen LogP contribution in [0.15, 0.2) is 41.8 Å². The fraction of sp³-hybridized carbons (Fsp3) is 0.211. The molecule has 0 aliphatic heterocycles. The van der Waals surface area contributed by atoms with Gasteiger partial charge in [-0.2, -0.15) is 0 Å². The number of thiazole rings is 1. The van der Waals surface area contributed by atoms with Crippen molar-refractivity contribution in [1.29, 1.82) is 0 Å². The second kappa shape index (κ2) is 8.18. The van der Waals surface area contributed by atoms with Crippen LogP contribution < -0.4 is 5.32 Å². The van der Waals surface area contributed by atoms with Gasteiger partial charge in [-0.25, -0.2) is 14.1 Å². The summed E-state index contributed by atoms with van der Waals surface area (Å²) in [6.07, 6.45) is 0.248. The van der Waals surface area contributed by atoms with Crippen LogP contribution in [0.4, 0.5) is 9.52 Å². The molecule has 1 atom stereocenters. The number of thiophene rings is 1. The molecule has 0 aliphatic carbocycles. The summed E-state index contributed by atoms with van der Waals surface area (Å²) in [7, 11) is 0. The van der Waals surface area contributed by atoms with E-state index in [4.69, 9.17) is 0 Å². The largest absolute Gasteiger partial charge is 0.300 e. The summed E-state index contributed by atoms with van der Waals surface area (Å²) in [6.45, 7) is 3.75. The van der Waals surface area contributed by atoms with Crippen LogP contribution in [0.3, 0.4) is 0 Å². The maximum absolute atomic E-state index is 13.6. The number of rotatable bonds is 6. The van der Waals surface area contributed by atoms with Gasteiger partial charge in [0.25, 0.3) is 5.91 Å². The molecule has 0 aliphatic rings. The first-order valence-corrected chi connectivity index (χ1v) is 10.5. The summed E-state index contributed by atoms with van der Waals surface area (Å²) in [5.74, 6) is -0.172. The van der Waals surface area contributed by atoms with Crippen molar-refractivity contribution in [3.63, 3.8) is 0 Å². The topological polar surface area (TPSA) is 85.6 Å². The molecule has 0 radical (unpaired) electrons. The summed E-state index contributed by atoms with van der Waals surface area (Å²) < 4.78 is 15.0. The molecule has 10 heteroatoms. The Labute approximate surface area is 174 Å². The van der Waals surface area contributed by atoms with Gasteiger partial charge in [-0.15, -0.1) is 27.8 Å². The summed E-state index contributed by atoms with van der Waals surface area (Å²) in [5, 5.41) is 16.7. The maximum Gasteiger partial charge on any atom is 0.251 e. The van der Waals surface area contributed by atoms with Gasteiger partial charge in [0.15, 0.2) is 5.13 Å². The minimum absolute atomic E-state index is 0.248. The highest BCUT2D eigenvalue weighted by atomic mass is 32.1. The molecular formula is C19H17FN6OS2. The molecule has 7 nitrogen and oxygen atoms in total. The second-order valence-corrected chi connectivity index (χ2v) is 8.60. The van der Waals surface area contributed by atoms with Gasteiger partial charge in [0.1, 0.15) is 17.7 Å². The highest BCUT2D eigenvalue weighted by Crippen LogP contribution is 2.30. The molecule has 1 amide bonds. The van der Waals surface area contributed by atoms with Crippen molar-refractivity contribution in [2.75, 3.05) is 5.32 Å². The molecular weight excluding hydrogens is 411 g/mol. The minimum Gasteiger partial charge on any atom is -0.300 e. The first kappa shape index (κ1) is 19.3. The Morgan fingerprint density at radius 1 is 1.28 bits per heavy atom. The number of benzene rings is 1. The number of carbonyl (C=O) groups excluding carboxylic acids is 1. The molecule has 1 aromatic carbocycles. The fourth-order valence-corrected chi connectivity index (χ4v) is 4.53. The molecule has 0 fully saturated rings. The van der Waals surface area contributed by atoms with Crippen LogP contribution in [0.25, 0.3) is 10.6 Å². The Kier molecular flexibility index (Phi) is 5.45. The van der Waals surface area contributed by atoms with Crippen LogP contribution in [0, 0.1) is 19.7 Å². The van der Waals surface area contributed by atoms with E-state index >= 15 is 0 Å². The minimum atomic E-state index is -0.733. The zero-order valence-electron chi connectivity index (χ0n) is 15.7. The zero-order valence-corrected chi connectivity index (χ0v) is 17.3. The average molecular weight is 429 g/mol. The van der Waals surface area contributed by atoms with Crippen LogP contribution in [0.5, 0.6) is 0 Å². The Morgan fingerprint density at radius 3 is 2.83 bits per heavy atom. The number of aromatic nitrogens is 5. The molecule has 0 spiro atoms. The van der Waals surface area contributed by atoms with Crippen LogP contribution in [-0.4, -0.2) is 31.1 Å². The summed E-state index contributed by atoms with van der Waals surface area (Å²) in [4.78, 5) is 19.8. The molecule has 0 saturated heterocycles. The Hall–Kier alpha value is -2.98. The van der Waals surface area contributed by atoms with E-state index in [0.717, 1.165) is 10.6 Å². The lowest BCUT2D eigenvalue weighted by Gasteiger charge is -2.16. The SMILES string of the molecule is Cc1ccc(-c2csc(NC(=O)C(Cc3cccc(F)c3)n3nnnc3C)n2)s1. The highest BCUT2D eigenvalue weighted by Gasteiger charge is 2.25. The number of halogens is 1. The van der Waals surface area contributed by atoms with E-state index in [1.54, 1.807) is 30.4 Å². The van der Waals surface area contributed by atoms with E-state index in [1.165, 1.54) is 33.0 Å². The highest BCUT2D eigenvalue weighted by molar-refractivity contribution is 7.17. The fourth-order valence-electron chi connectivity index (χ4n) is 2.91. The molecule has 148 valence electrons. The van der Waals surface area contributed by atoms with Gasteiger partial charge < -0.3 is 5.32 Å². The third-order valence-corrected chi connectivity index (χ3v) is 6.08. The number of aryl methyl sites for hydroxylation is 2. The molecule has 4 rings (SSSR count). The third-order valence-electron chi connectivity index (χ3n) is 4.30. The Morgan fingerprint density at radius 2 is 2.14 bits per heavy atom. The van der Waals surface area contributed by atoms with Crippen molar-refractivity contribution in [1.82, 2.24) is 25.2 Å². The Balaban J connectivity index is 1.57. The predicted octanol–water partition coefficient (Wildman–Crippen LogP) is 4.04. The smallest absolute Gasteiger partial charge is 0.251 e. The van der Waals surface area contributed by atoms with Gasteiger partial charge in [0.05, 0.1) is 10.6 Å². The normalized spacial score (nSPS) is 12.1. The molecule has 3 heterocycles. The van der Waals surface area contributed by atoms with E-state index in [1.807, 2.05) is 24.4 Å². The summed E-state index contributed by atoms with van der Waals surface area (Å²) in [5.41, 5.74) is 1.50. The first-order valence-electron chi connectivity index (χ1n) is 8.82. The average Bonchev–Trinajstić information content (AvgIpc) is 3.41. The number of hydrogen-bond donors (Lipinski definition) is 1. The summed E-state index contributed by atoms with van der Waals surface area (Å²) in [6, 6.07) is 9.46. The van der Waals surface area contributed by atoms with Crippen molar-refractivity contribution >= 4 is 33.7 Å². The van der Waals surface area contributed by atoms with E-state index in [0.29, 0.717) is 16.5 Å². The van der Waals surface area contributed by atoms with E-state index < -0.39 is 6.04 Å². The van der Waals surface area contributed by atoms with Crippen LogP contribution in [-0.2, 0) is 11.2 Å². The number of nitrogens with one attached hydrogen (secondary N) is 1. The third kappa shape index (κ3) is 4.38. The van der Waals surface area contributed by atoms with Crippen molar-refractivity contribution in [3.8, 4) is 10.6 Å². The van der Waals surface area contributed by atoms with E-state index in [9.17, 15) is 9.18 Å². The van der Waals surface area contributed by atoms with Crippen LogP contribution >= 0.6 is 22.7 Å². The molecule has 1 unspecified atom stereocenters. The molecule has 0 saturated carbocycles. The van der Waals surface area contributed by atoms with Crippen molar-refractivity contribution in [2.24, 2.45) is 0 Å². The first-order chi connectivity index (χ1) is 14.0. The molecule has 29 heavy (non-hydrogen) atoms. The van der Waals surface area contributed by atoms with E-state index in [2.05, 4.69) is 25.8 Å². The quantitative estimate of drug-likeness (QED) is 0.501. The standard InChI is InChI=1S/C19H17FN6OS2/c1-11-6-7-17(29-11)15-10-28-19(21-15)22-18(27)16(26-12(2)23-24-25-26)9-13-4-3-5-14(20)8-13/h3-8,10,16H,9H2,1-2H3,(H,21,22,27). The number of carbonyl (C=O) groups is 1. The number of nitrogens with zero attached hydrogens (tertiary/aromatic N) is 5. The van der Waals surface area contributed by atoms with Gasteiger partial charge in [0, 0.05) is 16.7 Å². The second-order valence-electron chi connectivity index (χ2n) is 6.46. The number of anilines is 1. The van der Waals surface area contributed by atoms with E-state index in [-0.39, 0.29) is 18.1 Å². The molecule has 1 N–H and O–H groups in total. The van der Waals surface area contributed by atoms with Crippen LogP contribution in [0.2, 0.25) is 0 Å². The molecule has 4 aromatic rings. The van der Waals surface area contributed by atoms with Gasteiger partial charge in [-0.3, -0.25) is 4.79 Å². The zero-order chi connectivity index (χ0) is 20.4. The van der Waals surface area contributed by atoms with Crippen LogP contribution in [0.1, 0.15) is 22.3 Å². The Bertz CT molecular complexity index is 1150. The maximum atomic E-state index is 13.6. The lowest BCUT2D eigenvalue weighted by atomic mass is 10.1. The van der Waals surface area contributed by atoms with Gasteiger partial charge in [-0.05, 0) is 54.1 Å². The lowest BCUT2D eigenvalue weighted by Crippen LogP contribution is -2.29. The number of tetrazole rings is 1. The number of amides is 1. The van der Waals surface area contributed by atoms with Crippen molar-refractivity contribution < 1.29 is 9.18 Å². The van der Waals surface area contributed by atoms with Gasteiger partial charge in [0.2, 0.25) is 0 Å². The van der Waals surface area contributed by atoms with Crippen molar-refractivity contribution in [2.45, 2.75) is 26.3 Å². The summed E-state index contributed by atoms with van der Waals surface area (Å²) >= 11 is 3.00. The lowest BCUT2D eigenvalue weighted by molar-refractivity contribution is -0.119.